The zero-order valence-corrected chi connectivity index (χ0v) is 17.1. The molecule has 3 aliphatic heterocycles. The Morgan fingerprint density at radius 3 is 2.59 bits per heavy atom. The van der Waals surface area contributed by atoms with Crippen LogP contribution in [0.3, 0.4) is 0 Å². The summed E-state index contributed by atoms with van der Waals surface area (Å²) in [5, 5.41) is 5.80. The van der Waals surface area contributed by atoms with Crippen molar-refractivity contribution in [1.29, 1.82) is 0 Å². The summed E-state index contributed by atoms with van der Waals surface area (Å²) in [6.07, 6.45) is 9.18. The predicted octanol–water partition coefficient (Wildman–Crippen LogP) is 6.11. The molecule has 1 aromatic heterocycles. The molecule has 0 aliphatic carbocycles. The summed E-state index contributed by atoms with van der Waals surface area (Å²) in [5.41, 5.74) is 2.44. The van der Waals surface area contributed by atoms with Crippen molar-refractivity contribution in [3.63, 3.8) is 0 Å². The molecule has 0 atom stereocenters. The molecule has 0 spiro atoms. The monoisotopic (exact) mass is 382 g/mol. The van der Waals surface area contributed by atoms with E-state index in [1.807, 2.05) is 0 Å². The van der Waals surface area contributed by atoms with Gasteiger partial charge in [-0.05, 0) is 55.2 Å². The summed E-state index contributed by atoms with van der Waals surface area (Å²) in [6.45, 7) is 5.77. The van der Waals surface area contributed by atoms with E-state index < -0.39 is 0 Å². The SMILES string of the molecule is CCCC/C=C(/Nc1ccsc1-c1ccccc1)OC12CCN(CC1)CC2. The standard InChI is InChI=1S/C23H30N2OS/c1-2-3-5-10-21(26-23-12-15-25(16-13-23)17-14-23)24-20-11-18-27-22(20)19-8-6-4-7-9-19/h4,6-11,18,24H,2-3,5,12-17H2,1H3/b21-10-. The largest absolute Gasteiger partial charge is 0.472 e. The van der Waals surface area contributed by atoms with Crippen molar-refractivity contribution in [1.82, 2.24) is 4.90 Å². The van der Waals surface area contributed by atoms with E-state index in [0.717, 1.165) is 37.3 Å². The number of anilines is 1. The van der Waals surface area contributed by atoms with E-state index in [0.29, 0.717) is 0 Å². The lowest BCUT2D eigenvalue weighted by Gasteiger charge is -2.48. The second-order valence-corrected chi connectivity index (χ2v) is 8.66. The first kappa shape index (κ1) is 18.6. The summed E-state index contributed by atoms with van der Waals surface area (Å²) < 4.78 is 6.70. The third-order valence-corrected chi connectivity index (χ3v) is 6.79. The smallest absolute Gasteiger partial charge is 0.187 e. The highest BCUT2D eigenvalue weighted by atomic mass is 32.1. The second-order valence-electron chi connectivity index (χ2n) is 7.74. The van der Waals surface area contributed by atoms with Crippen LogP contribution in [0.1, 0.15) is 45.4 Å². The van der Waals surface area contributed by atoms with Crippen LogP contribution in [0.25, 0.3) is 10.4 Å². The number of hydrogen-bond donors (Lipinski definition) is 1. The molecule has 4 heterocycles. The van der Waals surface area contributed by atoms with Gasteiger partial charge in [0.05, 0.1) is 10.6 Å². The van der Waals surface area contributed by atoms with Crippen molar-refractivity contribution in [2.24, 2.45) is 0 Å². The average molecular weight is 383 g/mol. The van der Waals surface area contributed by atoms with Gasteiger partial charge < -0.3 is 15.0 Å². The number of benzene rings is 1. The Hall–Kier alpha value is -1.78. The van der Waals surface area contributed by atoms with Crippen molar-refractivity contribution < 1.29 is 4.74 Å². The van der Waals surface area contributed by atoms with Gasteiger partial charge in [0.2, 0.25) is 0 Å². The topological polar surface area (TPSA) is 24.5 Å². The van der Waals surface area contributed by atoms with Gasteiger partial charge in [0, 0.05) is 19.6 Å². The number of piperidine rings is 3. The highest BCUT2D eigenvalue weighted by molar-refractivity contribution is 7.14. The molecular formula is C23H30N2OS. The molecule has 0 saturated carbocycles. The van der Waals surface area contributed by atoms with Crippen molar-refractivity contribution in [2.75, 3.05) is 25.0 Å². The van der Waals surface area contributed by atoms with Gasteiger partial charge in [-0.25, -0.2) is 0 Å². The first-order valence-corrected chi connectivity index (χ1v) is 11.2. The predicted molar refractivity (Wildman–Crippen MR) is 115 cm³/mol. The van der Waals surface area contributed by atoms with Crippen LogP contribution in [0, 0.1) is 0 Å². The normalized spacial score (nSPS) is 24.8. The fraction of sp³-hybridized carbons (Fsp3) is 0.478. The number of allylic oxidation sites excluding steroid dienone is 1. The van der Waals surface area contributed by atoms with Crippen LogP contribution in [0.5, 0.6) is 0 Å². The fourth-order valence-corrected chi connectivity index (χ4v) is 4.95. The van der Waals surface area contributed by atoms with Gasteiger partial charge >= 0.3 is 0 Å². The summed E-state index contributed by atoms with van der Waals surface area (Å²) in [4.78, 5) is 3.84. The van der Waals surface area contributed by atoms with Gasteiger partial charge in [0.15, 0.2) is 5.88 Å². The van der Waals surface area contributed by atoms with Crippen LogP contribution in [0.2, 0.25) is 0 Å². The molecule has 3 nitrogen and oxygen atoms in total. The van der Waals surface area contributed by atoms with Gasteiger partial charge in [-0.2, -0.15) is 0 Å². The van der Waals surface area contributed by atoms with Gasteiger partial charge in [-0.3, -0.25) is 0 Å². The number of nitrogens with zero attached hydrogens (tertiary/aromatic N) is 1. The molecule has 0 unspecified atom stereocenters. The van der Waals surface area contributed by atoms with Crippen molar-refractivity contribution in [3.8, 4) is 10.4 Å². The van der Waals surface area contributed by atoms with Crippen LogP contribution >= 0.6 is 11.3 Å². The third-order valence-electron chi connectivity index (χ3n) is 5.82. The highest BCUT2D eigenvalue weighted by Gasteiger charge is 2.41. The number of unbranched alkanes of at least 4 members (excludes halogenated alkanes) is 2. The van der Waals surface area contributed by atoms with Crippen molar-refractivity contribution in [3.05, 3.63) is 53.7 Å². The van der Waals surface area contributed by atoms with E-state index in [2.05, 4.69) is 65.0 Å². The molecule has 2 bridgehead atoms. The quantitative estimate of drug-likeness (QED) is 0.440. The van der Waals surface area contributed by atoms with E-state index >= 15 is 0 Å². The van der Waals surface area contributed by atoms with E-state index in [9.17, 15) is 0 Å². The van der Waals surface area contributed by atoms with E-state index in [1.165, 1.54) is 42.9 Å². The molecule has 5 rings (SSSR count). The van der Waals surface area contributed by atoms with E-state index in [4.69, 9.17) is 4.74 Å². The number of ether oxygens (including phenoxy) is 1. The number of hydrogen-bond acceptors (Lipinski definition) is 4. The van der Waals surface area contributed by atoms with Gasteiger partial charge in [-0.15, -0.1) is 11.3 Å². The number of nitrogens with one attached hydrogen (secondary N) is 1. The van der Waals surface area contributed by atoms with Crippen LogP contribution in [0.15, 0.2) is 53.7 Å². The highest BCUT2D eigenvalue weighted by Crippen LogP contribution is 2.39. The Morgan fingerprint density at radius 2 is 1.89 bits per heavy atom. The zero-order valence-electron chi connectivity index (χ0n) is 16.2. The van der Waals surface area contributed by atoms with Crippen molar-refractivity contribution >= 4 is 17.0 Å². The van der Waals surface area contributed by atoms with Crippen molar-refractivity contribution in [2.45, 2.75) is 51.0 Å². The molecule has 1 N–H and O–H groups in total. The molecule has 3 fully saturated rings. The second kappa shape index (κ2) is 8.49. The van der Waals surface area contributed by atoms with Crippen LogP contribution in [0.4, 0.5) is 5.69 Å². The molecular weight excluding hydrogens is 352 g/mol. The first-order valence-electron chi connectivity index (χ1n) is 10.3. The molecule has 3 saturated heterocycles. The lowest BCUT2D eigenvalue weighted by atomic mass is 9.83. The summed E-state index contributed by atoms with van der Waals surface area (Å²) >= 11 is 1.78. The Morgan fingerprint density at radius 1 is 1.15 bits per heavy atom. The van der Waals surface area contributed by atoms with Crippen LogP contribution < -0.4 is 5.32 Å². The summed E-state index contributed by atoms with van der Waals surface area (Å²) in [5.74, 6) is 0.953. The lowest BCUT2D eigenvalue weighted by Crippen LogP contribution is -2.53. The lowest BCUT2D eigenvalue weighted by molar-refractivity contribution is -0.0897. The fourth-order valence-electron chi connectivity index (χ4n) is 4.09. The Balaban J connectivity index is 1.54. The van der Waals surface area contributed by atoms with E-state index in [-0.39, 0.29) is 5.60 Å². The molecule has 1 aromatic carbocycles. The maximum absolute atomic E-state index is 6.70. The Labute approximate surface area is 167 Å². The zero-order chi connectivity index (χ0) is 18.5. The molecule has 0 radical (unpaired) electrons. The van der Waals surface area contributed by atoms with E-state index in [1.54, 1.807) is 11.3 Å². The summed E-state index contributed by atoms with van der Waals surface area (Å²) in [6, 6.07) is 12.8. The Bertz CT molecular complexity index is 746. The molecule has 3 aliphatic rings. The van der Waals surface area contributed by atoms with Gasteiger partial charge in [0.25, 0.3) is 0 Å². The van der Waals surface area contributed by atoms with Crippen LogP contribution in [-0.2, 0) is 4.74 Å². The van der Waals surface area contributed by atoms with Crippen LogP contribution in [-0.4, -0.2) is 30.1 Å². The molecule has 0 amide bonds. The minimum Gasteiger partial charge on any atom is -0.472 e. The summed E-state index contributed by atoms with van der Waals surface area (Å²) in [7, 11) is 0. The molecule has 144 valence electrons. The minimum atomic E-state index is 0.0305. The van der Waals surface area contributed by atoms with Gasteiger partial charge in [0.1, 0.15) is 5.60 Å². The third kappa shape index (κ3) is 4.39. The minimum absolute atomic E-state index is 0.0305. The number of thiophene rings is 1. The van der Waals surface area contributed by atoms with Gasteiger partial charge in [-0.1, -0.05) is 43.7 Å². The molecule has 27 heavy (non-hydrogen) atoms. The number of rotatable bonds is 8. The number of fused-ring (bicyclic) bond motifs is 3. The Kier molecular flexibility index (Phi) is 5.84. The molecule has 2 aromatic rings. The maximum Gasteiger partial charge on any atom is 0.187 e. The maximum atomic E-state index is 6.70. The average Bonchev–Trinajstić information content (AvgIpc) is 3.18. The first-order chi connectivity index (χ1) is 13.3. The molecule has 4 heteroatoms.